The van der Waals surface area contributed by atoms with Crippen LogP contribution in [0.3, 0.4) is 0 Å². The minimum Gasteiger partial charge on any atom is -0.361 e. The van der Waals surface area contributed by atoms with Crippen LogP contribution in [0.4, 0.5) is 0 Å². The first-order valence-corrected chi connectivity index (χ1v) is 7.96. The fraction of sp³-hybridized carbons (Fsp3) is 0.368. The molecule has 2 N–H and O–H groups in total. The second-order valence-corrected chi connectivity index (χ2v) is 6.51. The predicted molar refractivity (Wildman–Crippen MR) is 87.1 cm³/mol. The van der Waals surface area contributed by atoms with Crippen molar-refractivity contribution in [3.05, 3.63) is 58.7 Å². The Balaban J connectivity index is 1.69. The van der Waals surface area contributed by atoms with Gasteiger partial charge in [0, 0.05) is 18.1 Å². The van der Waals surface area contributed by atoms with E-state index in [1.165, 1.54) is 29.0 Å². The van der Waals surface area contributed by atoms with Crippen molar-refractivity contribution in [1.82, 2.24) is 10.3 Å². The third-order valence-electron chi connectivity index (χ3n) is 5.23. The van der Waals surface area contributed by atoms with Crippen LogP contribution in [0.5, 0.6) is 0 Å². The number of H-pyrrole nitrogens is 1. The van der Waals surface area contributed by atoms with Crippen molar-refractivity contribution in [3.8, 4) is 0 Å². The molecular formula is C19H22N2. The Morgan fingerprint density at radius 1 is 1.14 bits per heavy atom. The van der Waals surface area contributed by atoms with Gasteiger partial charge in [-0.15, -0.1) is 0 Å². The van der Waals surface area contributed by atoms with Gasteiger partial charge in [-0.25, -0.2) is 0 Å². The van der Waals surface area contributed by atoms with Crippen LogP contribution in [-0.2, 0) is 6.42 Å². The van der Waals surface area contributed by atoms with Gasteiger partial charge in [-0.2, -0.15) is 0 Å². The smallest absolute Gasteiger partial charge is 0.0410 e. The number of hydrogen-bond acceptors (Lipinski definition) is 1. The molecule has 2 nitrogen and oxygen atoms in total. The van der Waals surface area contributed by atoms with Crippen LogP contribution in [0.15, 0.2) is 42.6 Å². The van der Waals surface area contributed by atoms with Crippen LogP contribution >= 0.6 is 0 Å². The van der Waals surface area contributed by atoms with Crippen molar-refractivity contribution in [1.29, 1.82) is 0 Å². The zero-order chi connectivity index (χ0) is 14.1. The van der Waals surface area contributed by atoms with Crippen LogP contribution in [0.1, 0.15) is 18.4 Å². The molecule has 21 heavy (non-hydrogen) atoms. The molecule has 1 aromatic carbocycles. The number of nitrogens with one attached hydrogen (secondary N) is 2. The zero-order valence-electron chi connectivity index (χ0n) is 12.3. The molecule has 0 saturated carbocycles. The topological polar surface area (TPSA) is 27.8 Å². The molecule has 1 fully saturated rings. The van der Waals surface area contributed by atoms with Gasteiger partial charge in [0.1, 0.15) is 0 Å². The molecule has 0 radical (unpaired) electrons. The average Bonchev–Trinajstić information content (AvgIpc) is 3.17. The van der Waals surface area contributed by atoms with Gasteiger partial charge in [0.05, 0.1) is 0 Å². The largest absolute Gasteiger partial charge is 0.361 e. The molecule has 0 bridgehead atoms. The van der Waals surface area contributed by atoms with E-state index in [9.17, 15) is 0 Å². The molecule has 0 spiro atoms. The van der Waals surface area contributed by atoms with Crippen molar-refractivity contribution in [2.75, 3.05) is 13.1 Å². The van der Waals surface area contributed by atoms with Gasteiger partial charge in [0.25, 0.3) is 0 Å². The van der Waals surface area contributed by atoms with Crippen LogP contribution in [0.2, 0.25) is 0 Å². The molecule has 2 aromatic rings. The Hall–Kier alpha value is -1.80. The van der Waals surface area contributed by atoms with Crippen molar-refractivity contribution < 1.29 is 0 Å². The first kappa shape index (κ1) is 12.9. The molecule has 2 aliphatic rings. The van der Waals surface area contributed by atoms with Crippen molar-refractivity contribution in [2.45, 2.75) is 19.3 Å². The molecule has 4 rings (SSSR count). The minimum absolute atomic E-state index is 0.368. The van der Waals surface area contributed by atoms with Gasteiger partial charge < -0.3 is 10.3 Å². The molecule has 2 heterocycles. The molecule has 1 saturated heterocycles. The summed E-state index contributed by atoms with van der Waals surface area (Å²) in [6, 6.07) is 13.2. The summed E-state index contributed by atoms with van der Waals surface area (Å²) in [5.74, 6) is 0.635. The molecule has 1 aliphatic heterocycles. The second-order valence-electron chi connectivity index (χ2n) is 6.51. The summed E-state index contributed by atoms with van der Waals surface area (Å²) >= 11 is 0. The zero-order valence-corrected chi connectivity index (χ0v) is 12.3. The van der Waals surface area contributed by atoms with Crippen molar-refractivity contribution in [3.63, 3.8) is 0 Å². The average molecular weight is 278 g/mol. The summed E-state index contributed by atoms with van der Waals surface area (Å²) in [7, 11) is 0. The van der Waals surface area contributed by atoms with Gasteiger partial charge in [-0.3, -0.25) is 0 Å². The number of rotatable bonds is 3. The van der Waals surface area contributed by atoms with E-state index in [0.717, 1.165) is 19.5 Å². The van der Waals surface area contributed by atoms with E-state index in [2.05, 4.69) is 65.0 Å². The first-order valence-electron chi connectivity index (χ1n) is 7.96. The lowest BCUT2D eigenvalue weighted by atomic mass is 9.68. The summed E-state index contributed by atoms with van der Waals surface area (Å²) < 4.78 is 0. The quantitative estimate of drug-likeness (QED) is 0.880. The third kappa shape index (κ3) is 2.34. The fourth-order valence-corrected chi connectivity index (χ4v) is 4.04. The van der Waals surface area contributed by atoms with Gasteiger partial charge in [-0.05, 0) is 54.0 Å². The molecule has 2 atom stereocenters. The molecule has 108 valence electrons. The van der Waals surface area contributed by atoms with E-state index < -0.39 is 0 Å². The first-order chi connectivity index (χ1) is 10.4. The highest BCUT2D eigenvalue weighted by Gasteiger charge is 2.40. The van der Waals surface area contributed by atoms with E-state index in [1.807, 2.05) is 0 Å². The van der Waals surface area contributed by atoms with E-state index >= 15 is 0 Å². The van der Waals surface area contributed by atoms with E-state index in [-0.39, 0.29) is 0 Å². The number of benzene rings is 1. The summed E-state index contributed by atoms with van der Waals surface area (Å²) in [5, 5.41) is 6.29. The van der Waals surface area contributed by atoms with Gasteiger partial charge in [-0.1, -0.05) is 42.5 Å². The number of aromatic nitrogens is 1. The van der Waals surface area contributed by atoms with Gasteiger partial charge in [0.2, 0.25) is 0 Å². The standard InChI is InChI=1S/C19H22N2/c1-2-4-15(5-3-1)13-19(9-11-20-14-19)17-6-7-18-16(12-17)8-10-21-18/h1-5,7-8,10,12,17,20-21H,6,9,11,13-14H2/t17?,19-/m1/s1. The molecule has 1 aliphatic carbocycles. The lowest BCUT2D eigenvalue weighted by molar-refractivity contribution is 0.241. The lowest BCUT2D eigenvalue weighted by Gasteiger charge is -2.36. The maximum absolute atomic E-state index is 3.61. The van der Waals surface area contributed by atoms with Crippen LogP contribution in [0.25, 0.3) is 12.2 Å². The van der Waals surface area contributed by atoms with Gasteiger partial charge in [0.15, 0.2) is 0 Å². The maximum atomic E-state index is 3.61. The van der Waals surface area contributed by atoms with Gasteiger partial charge >= 0.3 is 0 Å². The second kappa shape index (κ2) is 5.19. The molecule has 1 unspecified atom stereocenters. The fourth-order valence-electron chi connectivity index (χ4n) is 4.04. The summed E-state index contributed by atoms with van der Waals surface area (Å²) in [4.78, 5) is 3.33. The number of hydrogen-bond donors (Lipinski definition) is 2. The molecule has 0 amide bonds. The predicted octanol–water partition coefficient (Wildman–Crippen LogP) is 1.82. The summed E-state index contributed by atoms with van der Waals surface area (Å²) in [5.41, 5.74) is 1.83. The van der Waals surface area contributed by atoms with E-state index in [1.54, 1.807) is 0 Å². The Bertz CT molecular complexity index is 720. The van der Waals surface area contributed by atoms with Crippen LogP contribution < -0.4 is 15.9 Å². The molecule has 1 aromatic heterocycles. The maximum Gasteiger partial charge on any atom is 0.0410 e. The van der Waals surface area contributed by atoms with E-state index in [0.29, 0.717) is 11.3 Å². The van der Waals surface area contributed by atoms with E-state index in [4.69, 9.17) is 0 Å². The Labute approximate surface area is 125 Å². The minimum atomic E-state index is 0.368. The summed E-state index contributed by atoms with van der Waals surface area (Å²) in [6.07, 6.45) is 10.5. The van der Waals surface area contributed by atoms with Crippen LogP contribution in [0, 0.1) is 11.3 Å². The number of aromatic amines is 1. The Morgan fingerprint density at radius 3 is 2.86 bits per heavy atom. The van der Waals surface area contributed by atoms with Crippen molar-refractivity contribution >= 4 is 12.2 Å². The highest BCUT2D eigenvalue weighted by atomic mass is 14.9. The highest BCUT2D eigenvalue weighted by Crippen LogP contribution is 2.41. The number of fused-ring (bicyclic) bond motifs is 1. The van der Waals surface area contributed by atoms with Crippen LogP contribution in [-0.4, -0.2) is 18.1 Å². The lowest BCUT2D eigenvalue weighted by Crippen LogP contribution is -2.38. The Morgan fingerprint density at radius 2 is 2.05 bits per heavy atom. The summed E-state index contributed by atoms with van der Waals surface area (Å²) in [6.45, 7) is 2.29. The SMILES string of the molecule is C1=c2cc[nH]c2=CCC1[C@@]1(Cc2ccccc2)CCNC1. The van der Waals surface area contributed by atoms with Crippen molar-refractivity contribution in [2.24, 2.45) is 11.3 Å². The normalized spacial score (nSPS) is 27.7. The monoisotopic (exact) mass is 278 g/mol. The molecular weight excluding hydrogens is 256 g/mol. The Kier molecular flexibility index (Phi) is 3.19. The third-order valence-corrected chi connectivity index (χ3v) is 5.23. The highest BCUT2D eigenvalue weighted by molar-refractivity contribution is 5.41. The molecule has 2 heteroatoms.